The Bertz CT molecular complexity index is 1200. The molecule has 1 fully saturated rings. The van der Waals surface area contributed by atoms with Crippen molar-refractivity contribution < 1.29 is 4.79 Å². The Balaban J connectivity index is 1.50. The molecule has 1 N–H and O–H groups in total. The van der Waals surface area contributed by atoms with Gasteiger partial charge < -0.3 is 9.88 Å². The van der Waals surface area contributed by atoms with Crippen LogP contribution in [0, 0.1) is 36.5 Å². The normalized spacial score (nSPS) is 14.1. The third kappa shape index (κ3) is 4.06. The monoisotopic (exact) mass is 409 g/mol. The van der Waals surface area contributed by atoms with Gasteiger partial charge in [-0.3, -0.25) is 4.79 Å². The van der Waals surface area contributed by atoms with Crippen molar-refractivity contribution in [2.45, 2.75) is 32.6 Å². The molecule has 0 aliphatic carbocycles. The largest absolute Gasteiger partial charge is 0.341 e. The maximum absolute atomic E-state index is 13.2. The predicted molar refractivity (Wildman–Crippen MR) is 117 cm³/mol. The number of hydrogen-bond donors (Lipinski definition) is 1. The van der Waals surface area contributed by atoms with E-state index in [9.17, 15) is 10.1 Å². The van der Waals surface area contributed by atoms with Crippen LogP contribution >= 0.6 is 0 Å². The highest BCUT2D eigenvalue weighted by atomic mass is 16.2. The maximum atomic E-state index is 13.2. The fourth-order valence-corrected chi connectivity index (χ4v) is 4.22. The fraction of sp³-hybridized carbons (Fsp3) is 0.280. The number of likely N-dealkylation sites (tertiary alicyclic amines) is 1. The van der Waals surface area contributed by atoms with Crippen LogP contribution < -0.4 is 0 Å². The number of carbonyl (C=O) groups is 1. The first-order valence-corrected chi connectivity index (χ1v) is 10.4. The zero-order chi connectivity index (χ0) is 22.0. The summed E-state index contributed by atoms with van der Waals surface area (Å²) in [5, 5.41) is 18.4. The molecule has 0 unspecified atom stereocenters. The number of piperidine rings is 1. The lowest BCUT2D eigenvalue weighted by molar-refractivity contribution is 0.0713. The summed E-state index contributed by atoms with van der Waals surface area (Å²) >= 11 is 0. The Hall–Kier alpha value is -3.90. The average Bonchev–Trinajstić information content (AvgIpc) is 3.19. The van der Waals surface area contributed by atoms with E-state index < -0.39 is 0 Å². The van der Waals surface area contributed by atoms with Crippen molar-refractivity contribution in [2.75, 3.05) is 13.1 Å². The predicted octanol–water partition coefficient (Wildman–Crippen LogP) is 4.46. The summed E-state index contributed by atoms with van der Waals surface area (Å²) in [7, 11) is 0. The van der Waals surface area contributed by atoms with E-state index in [4.69, 9.17) is 5.26 Å². The van der Waals surface area contributed by atoms with Gasteiger partial charge in [0.2, 0.25) is 0 Å². The number of aromatic amines is 1. The van der Waals surface area contributed by atoms with Crippen molar-refractivity contribution in [3.05, 3.63) is 76.2 Å². The van der Waals surface area contributed by atoms with Gasteiger partial charge >= 0.3 is 0 Å². The van der Waals surface area contributed by atoms with E-state index in [1.807, 2.05) is 61.2 Å². The first-order chi connectivity index (χ1) is 15.0. The van der Waals surface area contributed by atoms with Crippen LogP contribution in [0.1, 0.15) is 57.3 Å². The molecule has 2 heterocycles. The number of nitrogens with zero attached hydrogens (tertiary/aromatic N) is 4. The summed E-state index contributed by atoms with van der Waals surface area (Å²) in [6.07, 6.45) is 1.80. The van der Waals surface area contributed by atoms with Gasteiger partial charge in [-0.05, 0) is 68.0 Å². The Morgan fingerprint density at radius 3 is 2.42 bits per heavy atom. The Morgan fingerprint density at radius 1 is 1.06 bits per heavy atom. The zero-order valence-corrected chi connectivity index (χ0v) is 17.6. The highest BCUT2D eigenvalue weighted by molar-refractivity contribution is 5.96. The molecule has 1 aliphatic heterocycles. The minimum atomic E-state index is 0.00859. The van der Waals surface area contributed by atoms with Gasteiger partial charge in [0.25, 0.3) is 5.91 Å². The van der Waals surface area contributed by atoms with Crippen LogP contribution in [0.3, 0.4) is 0 Å². The highest BCUT2D eigenvalue weighted by Gasteiger charge is 2.25. The first-order valence-electron chi connectivity index (χ1n) is 10.4. The second-order valence-electron chi connectivity index (χ2n) is 7.99. The molecule has 1 aliphatic rings. The molecular formula is C25H23N5O. The van der Waals surface area contributed by atoms with E-state index in [1.54, 1.807) is 0 Å². The van der Waals surface area contributed by atoms with Crippen LogP contribution in [0.4, 0.5) is 0 Å². The van der Waals surface area contributed by atoms with E-state index in [2.05, 4.69) is 22.1 Å². The highest BCUT2D eigenvalue weighted by Crippen LogP contribution is 2.30. The number of aromatic nitrogens is 2. The van der Waals surface area contributed by atoms with Gasteiger partial charge in [0, 0.05) is 24.2 Å². The number of carbonyl (C=O) groups excluding carboxylic acids is 1. The molecule has 1 saturated heterocycles. The molecule has 6 nitrogen and oxygen atoms in total. The van der Waals surface area contributed by atoms with E-state index in [0.717, 1.165) is 24.0 Å². The van der Waals surface area contributed by atoms with Crippen molar-refractivity contribution in [2.24, 2.45) is 0 Å². The van der Waals surface area contributed by atoms with Crippen molar-refractivity contribution in [3.8, 4) is 23.4 Å². The standard InChI is InChI=1S/C25H23N5O/c1-16-3-6-21(13-22(16)24-23(15-27)28-17(2)29-24)25(31)30-11-9-20(10-12-30)19-7-4-18(14-26)5-8-19/h3-8,13,20H,9-12H2,1-2H3,(H,28,29). The Morgan fingerprint density at radius 2 is 1.77 bits per heavy atom. The smallest absolute Gasteiger partial charge is 0.253 e. The second kappa shape index (κ2) is 8.45. The minimum absolute atomic E-state index is 0.00859. The molecule has 0 atom stereocenters. The Kier molecular flexibility index (Phi) is 5.56. The molecule has 1 amide bonds. The number of nitriles is 2. The number of rotatable bonds is 3. The SMILES string of the molecule is Cc1nc(C#N)c(-c2cc(C(=O)N3CCC(c4ccc(C#N)cc4)CC3)ccc2C)[nH]1. The van der Waals surface area contributed by atoms with Gasteiger partial charge in [0.05, 0.1) is 17.3 Å². The zero-order valence-electron chi connectivity index (χ0n) is 17.6. The van der Waals surface area contributed by atoms with E-state index in [-0.39, 0.29) is 5.91 Å². The van der Waals surface area contributed by atoms with Crippen molar-refractivity contribution >= 4 is 5.91 Å². The van der Waals surface area contributed by atoms with Crippen molar-refractivity contribution in [1.82, 2.24) is 14.9 Å². The first kappa shape index (κ1) is 20.4. The van der Waals surface area contributed by atoms with E-state index in [1.165, 1.54) is 5.56 Å². The molecule has 31 heavy (non-hydrogen) atoms. The topological polar surface area (TPSA) is 96.6 Å². The summed E-state index contributed by atoms with van der Waals surface area (Å²) in [6.45, 7) is 5.16. The molecule has 0 bridgehead atoms. The molecule has 1 aromatic heterocycles. The van der Waals surface area contributed by atoms with Crippen molar-refractivity contribution in [1.29, 1.82) is 10.5 Å². The van der Waals surface area contributed by atoms with Crippen LogP contribution in [-0.2, 0) is 0 Å². The van der Waals surface area contributed by atoms with Crippen LogP contribution in [0.5, 0.6) is 0 Å². The molecule has 4 rings (SSSR count). The number of benzene rings is 2. The number of aryl methyl sites for hydroxylation is 2. The third-order valence-corrected chi connectivity index (χ3v) is 5.98. The summed E-state index contributed by atoms with van der Waals surface area (Å²) in [5.41, 5.74) is 5.32. The summed E-state index contributed by atoms with van der Waals surface area (Å²) in [5.74, 6) is 1.08. The van der Waals surface area contributed by atoms with Gasteiger partial charge in [0.15, 0.2) is 5.69 Å². The average molecular weight is 409 g/mol. The summed E-state index contributed by atoms with van der Waals surface area (Å²) in [6, 6.07) is 17.7. The number of H-pyrrole nitrogens is 1. The molecule has 2 aromatic carbocycles. The molecule has 0 spiro atoms. The molecule has 0 radical (unpaired) electrons. The quantitative estimate of drug-likeness (QED) is 0.691. The van der Waals surface area contributed by atoms with Gasteiger partial charge in [-0.25, -0.2) is 4.98 Å². The molecule has 3 aromatic rings. The van der Waals surface area contributed by atoms with Gasteiger partial charge in [-0.15, -0.1) is 0 Å². The number of hydrogen-bond acceptors (Lipinski definition) is 4. The van der Waals surface area contributed by atoms with Crippen LogP contribution in [0.15, 0.2) is 42.5 Å². The van der Waals surface area contributed by atoms with Gasteiger partial charge in [0.1, 0.15) is 11.9 Å². The molecular weight excluding hydrogens is 386 g/mol. The number of amides is 1. The summed E-state index contributed by atoms with van der Waals surface area (Å²) < 4.78 is 0. The fourth-order valence-electron chi connectivity index (χ4n) is 4.22. The number of imidazole rings is 1. The van der Waals surface area contributed by atoms with Crippen LogP contribution in [0.2, 0.25) is 0 Å². The maximum Gasteiger partial charge on any atom is 0.253 e. The van der Waals surface area contributed by atoms with E-state index >= 15 is 0 Å². The Labute approximate surface area is 181 Å². The van der Waals surface area contributed by atoms with Crippen molar-refractivity contribution in [3.63, 3.8) is 0 Å². The lowest BCUT2D eigenvalue weighted by Gasteiger charge is -2.32. The number of nitrogens with one attached hydrogen (secondary N) is 1. The van der Waals surface area contributed by atoms with Crippen LogP contribution in [0.25, 0.3) is 11.3 Å². The minimum Gasteiger partial charge on any atom is -0.341 e. The third-order valence-electron chi connectivity index (χ3n) is 5.98. The van der Waals surface area contributed by atoms with E-state index in [0.29, 0.717) is 47.3 Å². The summed E-state index contributed by atoms with van der Waals surface area (Å²) in [4.78, 5) is 22.5. The molecule has 0 saturated carbocycles. The van der Waals surface area contributed by atoms with Gasteiger partial charge in [-0.1, -0.05) is 18.2 Å². The van der Waals surface area contributed by atoms with Gasteiger partial charge in [-0.2, -0.15) is 10.5 Å². The lowest BCUT2D eigenvalue weighted by atomic mass is 9.88. The van der Waals surface area contributed by atoms with Crippen LogP contribution in [-0.4, -0.2) is 33.9 Å². The lowest BCUT2D eigenvalue weighted by Crippen LogP contribution is -2.37. The molecule has 154 valence electrons. The molecule has 6 heteroatoms. The second-order valence-corrected chi connectivity index (χ2v) is 7.99.